The first-order chi connectivity index (χ1) is 11.4. The molecular weight excluding hydrogens is 321 g/mol. The summed E-state index contributed by atoms with van der Waals surface area (Å²) in [5.74, 6) is 1.15. The van der Waals surface area contributed by atoms with Crippen LogP contribution in [0.15, 0.2) is 49.0 Å². The molecule has 0 N–H and O–H groups in total. The lowest BCUT2D eigenvalue weighted by atomic mass is 10.1. The van der Waals surface area contributed by atoms with Crippen LogP contribution in [-0.2, 0) is 6.18 Å². The molecule has 5 nitrogen and oxygen atoms in total. The first-order valence-corrected chi connectivity index (χ1v) is 7.12. The Morgan fingerprint density at radius 1 is 1.25 bits per heavy atom. The first-order valence-electron chi connectivity index (χ1n) is 7.12. The van der Waals surface area contributed by atoms with Crippen molar-refractivity contribution in [2.45, 2.75) is 19.5 Å². The monoisotopic (exact) mass is 334 g/mol. The number of halogens is 3. The first kappa shape index (κ1) is 16.0. The minimum Gasteiger partial charge on any atom is -0.444 e. The van der Waals surface area contributed by atoms with Crippen molar-refractivity contribution < 1.29 is 17.9 Å². The maximum absolute atomic E-state index is 12.7. The number of ether oxygens (including phenoxy) is 1. The summed E-state index contributed by atoms with van der Waals surface area (Å²) in [6.07, 6.45) is -2.45. The molecule has 1 aromatic carbocycles. The molecule has 0 saturated carbocycles. The second kappa shape index (κ2) is 5.95. The van der Waals surface area contributed by atoms with Gasteiger partial charge in [0, 0.05) is 18.1 Å². The minimum absolute atomic E-state index is 0.284. The van der Waals surface area contributed by atoms with E-state index >= 15 is 0 Å². The predicted octanol–water partition coefficient (Wildman–Crippen LogP) is 4.11. The average molecular weight is 334 g/mol. The minimum atomic E-state index is -4.38. The number of alkyl halides is 3. The summed E-state index contributed by atoms with van der Waals surface area (Å²) in [6.45, 7) is 5.66. The van der Waals surface area contributed by atoms with E-state index < -0.39 is 11.7 Å². The molecule has 0 fully saturated rings. The zero-order valence-electron chi connectivity index (χ0n) is 12.7. The Hall–Kier alpha value is -2.90. The molecule has 24 heavy (non-hydrogen) atoms. The van der Waals surface area contributed by atoms with E-state index in [0.717, 1.165) is 12.1 Å². The van der Waals surface area contributed by atoms with Crippen molar-refractivity contribution in [1.82, 2.24) is 19.6 Å². The van der Waals surface area contributed by atoms with Crippen molar-refractivity contribution in [1.29, 1.82) is 0 Å². The average Bonchev–Trinajstić information content (AvgIpc) is 3.02. The van der Waals surface area contributed by atoms with Gasteiger partial charge in [0.15, 0.2) is 0 Å². The number of nitrogens with zero attached hydrogens (tertiary/aromatic N) is 4. The van der Waals surface area contributed by atoms with E-state index in [0.29, 0.717) is 29.3 Å². The lowest BCUT2D eigenvalue weighted by Gasteiger charge is -2.11. The number of aromatic nitrogens is 4. The molecule has 8 heteroatoms. The fraction of sp³-hybridized carbons (Fsp3) is 0.188. The van der Waals surface area contributed by atoms with Gasteiger partial charge in [-0.1, -0.05) is 25.6 Å². The number of allylic oxidation sites excluding steroid dienone is 1. The van der Waals surface area contributed by atoms with Crippen LogP contribution in [-0.4, -0.2) is 19.6 Å². The van der Waals surface area contributed by atoms with Gasteiger partial charge < -0.3 is 4.74 Å². The fourth-order valence-corrected chi connectivity index (χ4v) is 2.06. The van der Waals surface area contributed by atoms with Crippen LogP contribution in [0.3, 0.4) is 0 Å². The molecule has 0 unspecified atom stereocenters. The molecule has 0 atom stereocenters. The summed E-state index contributed by atoms with van der Waals surface area (Å²) in [6, 6.07) is 6.32. The molecule has 0 amide bonds. The van der Waals surface area contributed by atoms with E-state index in [-0.39, 0.29) is 5.78 Å². The highest BCUT2D eigenvalue weighted by Crippen LogP contribution is 2.31. The maximum Gasteiger partial charge on any atom is 0.416 e. The third-order valence-electron chi connectivity index (χ3n) is 3.37. The van der Waals surface area contributed by atoms with Gasteiger partial charge in [0.25, 0.3) is 5.78 Å². The third-order valence-corrected chi connectivity index (χ3v) is 3.37. The number of fused-ring (bicyclic) bond motifs is 1. The lowest BCUT2D eigenvalue weighted by Crippen LogP contribution is -2.04. The molecular formula is C16H13F3N4O. The van der Waals surface area contributed by atoms with E-state index in [1.165, 1.54) is 23.0 Å². The Balaban J connectivity index is 2.04. The van der Waals surface area contributed by atoms with Crippen molar-refractivity contribution in [2.75, 3.05) is 0 Å². The Bertz CT molecular complexity index is 884. The maximum atomic E-state index is 12.7. The van der Waals surface area contributed by atoms with Gasteiger partial charge in [-0.2, -0.15) is 27.8 Å². The zero-order valence-corrected chi connectivity index (χ0v) is 12.7. The molecule has 0 spiro atoms. The Morgan fingerprint density at radius 2 is 1.96 bits per heavy atom. The molecule has 0 radical (unpaired) electrons. The van der Waals surface area contributed by atoms with E-state index in [4.69, 9.17) is 4.74 Å². The standard InChI is InChI=1S/C16H13F3N4O/c1-3-10(2)24-14-8-13(22-15-20-9-21-23(14)15)11-4-6-12(7-5-11)16(17,18)19/h4-9H,2-3H2,1H3. The Morgan fingerprint density at radius 3 is 2.58 bits per heavy atom. The van der Waals surface area contributed by atoms with E-state index in [2.05, 4.69) is 21.6 Å². The van der Waals surface area contributed by atoms with Gasteiger partial charge in [-0.05, 0) is 12.1 Å². The molecule has 0 saturated heterocycles. The van der Waals surface area contributed by atoms with Crippen molar-refractivity contribution in [2.24, 2.45) is 0 Å². The number of hydrogen-bond acceptors (Lipinski definition) is 4. The van der Waals surface area contributed by atoms with Gasteiger partial charge in [0.2, 0.25) is 5.88 Å². The molecule has 0 aliphatic carbocycles. The zero-order chi connectivity index (χ0) is 17.3. The Labute approximate surface area is 135 Å². The number of rotatable bonds is 4. The van der Waals surface area contributed by atoms with Crippen molar-refractivity contribution in [3.8, 4) is 17.1 Å². The van der Waals surface area contributed by atoms with E-state index in [1.807, 2.05) is 6.92 Å². The van der Waals surface area contributed by atoms with Gasteiger partial charge in [-0.15, -0.1) is 0 Å². The van der Waals surface area contributed by atoms with Crippen LogP contribution in [0.25, 0.3) is 17.0 Å². The van der Waals surface area contributed by atoms with Crippen molar-refractivity contribution in [3.63, 3.8) is 0 Å². The molecule has 3 aromatic rings. The third kappa shape index (κ3) is 3.08. The van der Waals surface area contributed by atoms with Crippen LogP contribution >= 0.6 is 0 Å². The molecule has 2 aromatic heterocycles. The quantitative estimate of drug-likeness (QED) is 0.674. The second-order valence-corrected chi connectivity index (χ2v) is 5.02. The molecule has 2 heterocycles. The normalized spacial score (nSPS) is 11.7. The van der Waals surface area contributed by atoms with Crippen LogP contribution in [0.1, 0.15) is 18.9 Å². The summed E-state index contributed by atoms with van der Waals surface area (Å²) in [5.41, 5.74) is 0.231. The smallest absolute Gasteiger partial charge is 0.416 e. The summed E-state index contributed by atoms with van der Waals surface area (Å²) in [5, 5.41) is 4.02. The highest BCUT2D eigenvalue weighted by Gasteiger charge is 2.30. The van der Waals surface area contributed by atoms with Crippen molar-refractivity contribution in [3.05, 3.63) is 54.6 Å². The highest BCUT2D eigenvalue weighted by molar-refractivity contribution is 5.62. The van der Waals surface area contributed by atoms with Gasteiger partial charge >= 0.3 is 6.18 Å². The highest BCUT2D eigenvalue weighted by atomic mass is 19.4. The fourth-order valence-electron chi connectivity index (χ4n) is 2.06. The summed E-state index contributed by atoms with van der Waals surface area (Å²) < 4.78 is 45.0. The van der Waals surface area contributed by atoms with Crippen molar-refractivity contribution >= 4 is 5.78 Å². The number of benzene rings is 1. The van der Waals surface area contributed by atoms with Crippen LogP contribution in [0.2, 0.25) is 0 Å². The van der Waals surface area contributed by atoms with E-state index in [9.17, 15) is 13.2 Å². The van der Waals surface area contributed by atoms with Gasteiger partial charge in [-0.3, -0.25) is 0 Å². The summed E-state index contributed by atoms with van der Waals surface area (Å²) in [4.78, 5) is 8.30. The Kier molecular flexibility index (Phi) is 3.96. The largest absolute Gasteiger partial charge is 0.444 e. The van der Waals surface area contributed by atoms with Crippen LogP contribution in [0.4, 0.5) is 13.2 Å². The topological polar surface area (TPSA) is 52.3 Å². The molecule has 0 aliphatic heterocycles. The molecule has 3 rings (SSSR count). The van der Waals surface area contributed by atoms with Crippen LogP contribution in [0.5, 0.6) is 5.88 Å². The van der Waals surface area contributed by atoms with Crippen LogP contribution in [0, 0.1) is 0 Å². The summed E-state index contributed by atoms with van der Waals surface area (Å²) in [7, 11) is 0. The predicted molar refractivity (Wildman–Crippen MR) is 81.3 cm³/mol. The van der Waals surface area contributed by atoms with E-state index in [1.54, 1.807) is 6.07 Å². The SMILES string of the molecule is C=C(CC)Oc1cc(-c2ccc(C(F)(F)F)cc2)nc2ncnn12. The summed E-state index contributed by atoms with van der Waals surface area (Å²) >= 11 is 0. The van der Waals surface area contributed by atoms with Gasteiger partial charge in [0.05, 0.1) is 17.0 Å². The second-order valence-electron chi connectivity index (χ2n) is 5.02. The molecule has 0 bridgehead atoms. The number of hydrogen-bond donors (Lipinski definition) is 0. The van der Waals surface area contributed by atoms with Gasteiger partial charge in [-0.25, -0.2) is 4.98 Å². The molecule has 124 valence electrons. The lowest BCUT2D eigenvalue weighted by molar-refractivity contribution is -0.137. The van der Waals surface area contributed by atoms with Crippen LogP contribution < -0.4 is 4.74 Å². The molecule has 0 aliphatic rings. The van der Waals surface area contributed by atoms with Gasteiger partial charge in [0.1, 0.15) is 6.33 Å².